The number of aliphatic hydroxyl groups excluding tert-OH is 1. The Hall–Kier alpha value is -2.52. The number of nitrogens with zero attached hydrogens (tertiary/aromatic N) is 3. The molecule has 0 aliphatic carbocycles. The van der Waals surface area contributed by atoms with Gasteiger partial charge < -0.3 is 10.4 Å². The highest BCUT2D eigenvalue weighted by Gasteiger charge is 2.06. The van der Waals surface area contributed by atoms with Crippen molar-refractivity contribution in [1.29, 1.82) is 5.26 Å². The molecule has 0 saturated carbocycles. The van der Waals surface area contributed by atoms with Gasteiger partial charge in [-0.1, -0.05) is 6.07 Å². The molecule has 2 rings (SSSR count). The number of hydrogen-bond acceptors (Lipinski definition) is 5. The molecule has 1 aromatic carbocycles. The first-order valence-electron chi connectivity index (χ1n) is 5.55. The van der Waals surface area contributed by atoms with Gasteiger partial charge in [0.1, 0.15) is 6.67 Å². The Balaban J connectivity index is 2.26. The number of aliphatic hydroxyl groups is 1. The van der Waals surface area contributed by atoms with Crippen molar-refractivity contribution < 1.29 is 9.50 Å². The predicted octanol–water partition coefficient (Wildman–Crippen LogP) is 2.05. The van der Waals surface area contributed by atoms with Gasteiger partial charge in [-0.05, 0) is 18.2 Å². The Labute approximate surface area is 109 Å². The molecule has 0 unspecified atom stereocenters. The van der Waals surface area contributed by atoms with Gasteiger partial charge in [0.05, 0.1) is 23.9 Å². The Kier molecular flexibility index (Phi) is 4.00. The van der Waals surface area contributed by atoms with Crippen molar-refractivity contribution in [1.82, 2.24) is 9.97 Å². The van der Waals surface area contributed by atoms with Crippen LogP contribution in [0.4, 0.5) is 16.0 Å². The quantitative estimate of drug-likeness (QED) is 0.877. The average molecular weight is 258 g/mol. The predicted molar refractivity (Wildman–Crippen MR) is 67.2 cm³/mol. The van der Waals surface area contributed by atoms with Gasteiger partial charge in [0, 0.05) is 17.4 Å². The van der Waals surface area contributed by atoms with E-state index in [1.807, 2.05) is 6.07 Å². The lowest BCUT2D eigenvalue weighted by Gasteiger charge is -2.08. The molecule has 0 amide bonds. The van der Waals surface area contributed by atoms with Crippen LogP contribution in [0.1, 0.15) is 16.8 Å². The Bertz CT molecular complexity index is 624. The molecule has 1 aromatic heterocycles. The van der Waals surface area contributed by atoms with Crippen LogP contribution >= 0.6 is 0 Å². The molecule has 6 heteroatoms. The van der Waals surface area contributed by atoms with Gasteiger partial charge in [-0.25, -0.2) is 14.4 Å². The molecule has 0 radical (unpaired) electrons. The molecular formula is C13H11FN4O. The molecule has 0 atom stereocenters. The number of nitriles is 1. The van der Waals surface area contributed by atoms with Gasteiger partial charge in [-0.2, -0.15) is 5.26 Å². The highest BCUT2D eigenvalue weighted by atomic mass is 19.1. The lowest BCUT2D eigenvalue weighted by Crippen LogP contribution is -2.03. The molecule has 0 aliphatic heterocycles. The second kappa shape index (κ2) is 5.89. The van der Waals surface area contributed by atoms with E-state index in [0.717, 1.165) is 0 Å². The molecule has 5 nitrogen and oxygen atoms in total. The average Bonchev–Trinajstić information content (AvgIpc) is 2.47. The second-order valence-corrected chi connectivity index (χ2v) is 3.77. The van der Waals surface area contributed by atoms with Crippen molar-refractivity contribution >= 4 is 11.6 Å². The van der Waals surface area contributed by atoms with Gasteiger partial charge in [0.25, 0.3) is 0 Å². The van der Waals surface area contributed by atoms with Crippen LogP contribution in [0.2, 0.25) is 0 Å². The molecule has 0 spiro atoms. The molecular weight excluding hydrogens is 247 g/mol. The van der Waals surface area contributed by atoms with Crippen LogP contribution in [0, 0.1) is 11.3 Å². The highest BCUT2D eigenvalue weighted by Crippen LogP contribution is 2.16. The Morgan fingerprint density at radius 2 is 2.26 bits per heavy atom. The van der Waals surface area contributed by atoms with Gasteiger partial charge >= 0.3 is 0 Å². The fourth-order valence-electron chi connectivity index (χ4n) is 1.55. The van der Waals surface area contributed by atoms with E-state index >= 15 is 0 Å². The summed E-state index contributed by atoms with van der Waals surface area (Å²) in [6.07, 6.45) is 1.37. The van der Waals surface area contributed by atoms with Crippen LogP contribution < -0.4 is 5.32 Å². The summed E-state index contributed by atoms with van der Waals surface area (Å²) < 4.78 is 12.7. The number of aromatic nitrogens is 2. The largest absolute Gasteiger partial charge is 0.392 e. The summed E-state index contributed by atoms with van der Waals surface area (Å²) in [4.78, 5) is 7.95. The maximum Gasteiger partial charge on any atom is 0.227 e. The third kappa shape index (κ3) is 3.03. The maximum absolute atomic E-state index is 12.7. The third-order valence-electron chi connectivity index (χ3n) is 2.50. The van der Waals surface area contributed by atoms with E-state index in [9.17, 15) is 4.39 Å². The highest BCUT2D eigenvalue weighted by molar-refractivity contribution is 5.56. The molecule has 2 N–H and O–H groups in total. The first-order chi connectivity index (χ1) is 9.26. The van der Waals surface area contributed by atoms with Crippen LogP contribution in [0.5, 0.6) is 0 Å². The molecule has 0 bridgehead atoms. The number of benzene rings is 1. The number of nitrogens with one attached hydrogen (secondary N) is 1. The zero-order chi connectivity index (χ0) is 13.7. The van der Waals surface area contributed by atoms with Crippen molar-refractivity contribution in [2.75, 3.05) is 5.32 Å². The van der Waals surface area contributed by atoms with Crippen molar-refractivity contribution in [2.45, 2.75) is 13.3 Å². The minimum atomic E-state index is -0.772. The van der Waals surface area contributed by atoms with Crippen molar-refractivity contribution in [3.63, 3.8) is 0 Å². The molecule has 2 aromatic rings. The molecule has 1 heterocycles. The first kappa shape index (κ1) is 12.9. The molecule has 96 valence electrons. The van der Waals surface area contributed by atoms with Crippen LogP contribution in [-0.4, -0.2) is 15.1 Å². The Morgan fingerprint density at radius 3 is 2.95 bits per heavy atom. The van der Waals surface area contributed by atoms with Crippen molar-refractivity contribution in [2.24, 2.45) is 0 Å². The number of halogens is 1. The van der Waals surface area contributed by atoms with Gasteiger partial charge in [0.15, 0.2) is 0 Å². The van der Waals surface area contributed by atoms with Gasteiger partial charge in [-0.15, -0.1) is 0 Å². The van der Waals surface area contributed by atoms with E-state index in [0.29, 0.717) is 16.8 Å². The van der Waals surface area contributed by atoms with E-state index in [1.165, 1.54) is 6.20 Å². The monoisotopic (exact) mass is 258 g/mol. The number of anilines is 2. The SMILES string of the molecule is N#Cc1cccc(Nc2ncc(CO)c(CF)n2)c1. The third-order valence-corrected chi connectivity index (χ3v) is 2.50. The van der Waals surface area contributed by atoms with E-state index in [-0.39, 0.29) is 18.2 Å². The molecule has 19 heavy (non-hydrogen) atoms. The topological polar surface area (TPSA) is 81.8 Å². The molecule has 0 fully saturated rings. The number of rotatable bonds is 4. The standard InChI is InChI=1S/C13H11FN4O/c14-5-12-10(8-19)7-16-13(18-12)17-11-3-1-2-9(4-11)6-15/h1-4,7,19H,5,8H2,(H,16,17,18). The second-order valence-electron chi connectivity index (χ2n) is 3.77. The van der Waals surface area contributed by atoms with Crippen LogP contribution in [0.15, 0.2) is 30.5 Å². The fraction of sp³-hybridized carbons (Fsp3) is 0.154. The van der Waals surface area contributed by atoms with Crippen LogP contribution in [0.3, 0.4) is 0 Å². The maximum atomic E-state index is 12.7. The lowest BCUT2D eigenvalue weighted by atomic mass is 10.2. The summed E-state index contributed by atoms with van der Waals surface area (Å²) in [7, 11) is 0. The van der Waals surface area contributed by atoms with Crippen LogP contribution in [-0.2, 0) is 13.3 Å². The fourth-order valence-corrected chi connectivity index (χ4v) is 1.55. The summed E-state index contributed by atoms with van der Waals surface area (Å²) in [6, 6.07) is 8.80. The van der Waals surface area contributed by atoms with Crippen molar-refractivity contribution in [3.8, 4) is 6.07 Å². The molecule has 0 saturated heterocycles. The van der Waals surface area contributed by atoms with Gasteiger partial charge in [-0.3, -0.25) is 0 Å². The first-order valence-corrected chi connectivity index (χ1v) is 5.55. The lowest BCUT2D eigenvalue weighted by molar-refractivity contribution is 0.277. The summed E-state index contributed by atoms with van der Waals surface area (Å²) in [5.41, 5.74) is 1.65. The summed E-state index contributed by atoms with van der Waals surface area (Å²) in [5, 5.41) is 20.7. The van der Waals surface area contributed by atoms with E-state index in [2.05, 4.69) is 15.3 Å². The van der Waals surface area contributed by atoms with E-state index < -0.39 is 6.67 Å². The van der Waals surface area contributed by atoms with Crippen molar-refractivity contribution in [3.05, 3.63) is 47.3 Å². The minimum Gasteiger partial charge on any atom is -0.392 e. The normalized spacial score (nSPS) is 9.95. The minimum absolute atomic E-state index is 0.149. The van der Waals surface area contributed by atoms with Gasteiger partial charge in [0.2, 0.25) is 5.95 Å². The van der Waals surface area contributed by atoms with E-state index in [4.69, 9.17) is 10.4 Å². The number of alkyl halides is 1. The summed E-state index contributed by atoms with van der Waals surface area (Å²) in [5.74, 6) is 0.222. The smallest absolute Gasteiger partial charge is 0.227 e. The number of hydrogen-bond donors (Lipinski definition) is 2. The van der Waals surface area contributed by atoms with Crippen LogP contribution in [0.25, 0.3) is 0 Å². The molecule has 0 aliphatic rings. The summed E-state index contributed by atoms with van der Waals surface area (Å²) >= 11 is 0. The van der Waals surface area contributed by atoms with E-state index in [1.54, 1.807) is 24.3 Å². The summed E-state index contributed by atoms with van der Waals surface area (Å²) in [6.45, 7) is -1.07. The zero-order valence-electron chi connectivity index (χ0n) is 9.97. The Morgan fingerprint density at radius 1 is 1.42 bits per heavy atom. The zero-order valence-corrected chi connectivity index (χ0v) is 9.97.